The first-order valence-corrected chi connectivity index (χ1v) is 4.32. The summed E-state index contributed by atoms with van der Waals surface area (Å²) in [5.41, 5.74) is -2.19. The molecule has 15 heavy (non-hydrogen) atoms. The van der Waals surface area contributed by atoms with Crippen LogP contribution in [-0.4, -0.2) is 25.3 Å². The lowest BCUT2D eigenvalue weighted by atomic mass is 9.75. The predicted molar refractivity (Wildman–Crippen MR) is 49.4 cm³/mol. The number of rotatable bonds is 1. The smallest absolute Gasteiger partial charge is 0.359 e. The average molecular weight is 220 g/mol. The largest absolute Gasteiger partial charge is 0.398 e. The molecule has 0 saturated heterocycles. The maximum atomic E-state index is 12.8. The monoisotopic (exact) mass is 220 g/mol. The van der Waals surface area contributed by atoms with Crippen LogP contribution < -0.4 is 5.32 Å². The van der Waals surface area contributed by atoms with Crippen LogP contribution in [0, 0.1) is 11.3 Å². The highest BCUT2D eigenvalue weighted by Gasteiger charge is 2.56. The summed E-state index contributed by atoms with van der Waals surface area (Å²) in [4.78, 5) is 14.9. The number of amides is 1. The van der Waals surface area contributed by atoms with E-state index in [0.29, 0.717) is 0 Å². The van der Waals surface area contributed by atoms with Crippen molar-refractivity contribution in [3.05, 3.63) is 12.3 Å². The fourth-order valence-corrected chi connectivity index (χ4v) is 1.36. The Labute approximate surface area is 85.1 Å². The minimum atomic E-state index is -4.48. The van der Waals surface area contributed by atoms with Crippen LogP contribution in [0.5, 0.6) is 0 Å². The van der Waals surface area contributed by atoms with Gasteiger partial charge in [0.05, 0.1) is 11.3 Å². The summed E-state index contributed by atoms with van der Waals surface area (Å²) in [6.45, 7) is 0.981. The van der Waals surface area contributed by atoms with Crippen LogP contribution in [0.4, 0.5) is 13.2 Å². The quantitative estimate of drug-likeness (QED) is 0.715. The first-order valence-electron chi connectivity index (χ1n) is 4.32. The predicted octanol–water partition coefficient (Wildman–Crippen LogP) is 1.52. The van der Waals surface area contributed by atoms with Gasteiger partial charge in [0.2, 0.25) is 5.91 Å². The number of allylic oxidation sites excluding steroid dienone is 1. The standard InChI is InChI=1S/C9H11F3N2O/c1-8(9(10,11)12)3-4-14-5-6(8)7(15)13-2/h3-6H,1-2H3,(H,13,15). The van der Waals surface area contributed by atoms with Crippen molar-refractivity contribution >= 4 is 12.1 Å². The van der Waals surface area contributed by atoms with Gasteiger partial charge in [-0.3, -0.25) is 9.79 Å². The third-order valence-corrected chi connectivity index (χ3v) is 2.53. The van der Waals surface area contributed by atoms with E-state index in [2.05, 4.69) is 10.3 Å². The van der Waals surface area contributed by atoms with Gasteiger partial charge < -0.3 is 5.32 Å². The van der Waals surface area contributed by atoms with Gasteiger partial charge in [0.25, 0.3) is 0 Å². The second kappa shape index (κ2) is 3.67. The molecule has 84 valence electrons. The van der Waals surface area contributed by atoms with E-state index < -0.39 is 23.4 Å². The lowest BCUT2D eigenvalue weighted by Crippen LogP contribution is -2.48. The zero-order valence-electron chi connectivity index (χ0n) is 8.30. The molecular weight excluding hydrogens is 209 g/mol. The average Bonchev–Trinajstić information content (AvgIpc) is 2.16. The molecule has 2 atom stereocenters. The van der Waals surface area contributed by atoms with Gasteiger partial charge in [-0.2, -0.15) is 13.2 Å². The maximum absolute atomic E-state index is 12.8. The Hall–Kier alpha value is -1.33. The van der Waals surface area contributed by atoms with Crippen LogP contribution in [0.15, 0.2) is 17.3 Å². The summed E-state index contributed by atoms with van der Waals surface area (Å²) in [7, 11) is 1.30. The zero-order valence-corrected chi connectivity index (χ0v) is 8.30. The van der Waals surface area contributed by atoms with Crippen LogP contribution in [0.2, 0.25) is 0 Å². The van der Waals surface area contributed by atoms with E-state index in [9.17, 15) is 18.0 Å². The van der Waals surface area contributed by atoms with Gasteiger partial charge in [-0.15, -0.1) is 0 Å². The fraction of sp³-hybridized carbons (Fsp3) is 0.556. The topological polar surface area (TPSA) is 41.5 Å². The van der Waals surface area contributed by atoms with Gasteiger partial charge in [-0.1, -0.05) is 6.08 Å². The van der Waals surface area contributed by atoms with Gasteiger partial charge in [-0.05, 0) is 6.92 Å². The van der Waals surface area contributed by atoms with E-state index >= 15 is 0 Å². The third kappa shape index (κ3) is 1.88. The van der Waals surface area contributed by atoms with Crippen molar-refractivity contribution in [2.24, 2.45) is 16.3 Å². The Morgan fingerprint density at radius 1 is 1.53 bits per heavy atom. The van der Waals surface area contributed by atoms with Crippen LogP contribution >= 0.6 is 0 Å². The molecule has 0 aromatic rings. The van der Waals surface area contributed by atoms with Crippen molar-refractivity contribution in [1.29, 1.82) is 0 Å². The van der Waals surface area contributed by atoms with Crippen LogP contribution in [0.25, 0.3) is 0 Å². The number of nitrogens with one attached hydrogen (secondary N) is 1. The molecule has 1 aliphatic rings. The van der Waals surface area contributed by atoms with Gasteiger partial charge in [0.15, 0.2) is 0 Å². The zero-order chi connectivity index (χ0) is 11.7. The van der Waals surface area contributed by atoms with Crippen molar-refractivity contribution in [2.45, 2.75) is 13.1 Å². The Morgan fingerprint density at radius 3 is 2.60 bits per heavy atom. The molecule has 1 aliphatic heterocycles. The van der Waals surface area contributed by atoms with Gasteiger partial charge in [0.1, 0.15) is 0 Å². The molecule has 0 aromatic heterocycles. The minimum Gasteiger partial charge on any atom is -0.359 e. The highest BCUT2D eigenvalue weighted by Crippen LogP contribution is 2.45. The Balaban J connectivity index is 3.10. The molecule has 6 heteroatoms. The normalized spacial score (nSPS) is 30.3. The van der Waals surface area contributed by atoms with Crippen molar-refractivity contribution < 1.29 is 18.0 Å². The molecule has 0 spiro atoms. The Morgan fingerprint density at radius 2 is 2.13 bits per heavy atom. The number of nitrogens with zero attached hydrogens (tertiary/aromatic N) is 1. The third-order valence-electron chi connectivity index (χ3n) is 2.53. The van der Waals surface area contributed by atoms with Crippen molar-refractivity contribution in [1.82, 2.24) is 5.32 Å². The van der Waals surface area contributed by atoms with Crippen LogP contribution in [0.3, 0.4) is 0 Å². The minimum absolute atomic E-state index is 0.692. The van der Waals surface area contributed by atoms with E-state index in [1.807, 2.05) is 0 Å². The van der Waals surface area contributed by atoms with E-state index in [0.717, 1.165) is 25.4 Å². The fourth-order valence-electron chi connectivity index (χ4n) is 1.36. The molecule has 0 bridgehead atoms. The van der Waals surface area contributed by atoms with E-state index in [1.54, 1.807) is 0 Å². The number of carbonyl (C=O) groups excluding carboxylic acids is 1. The molecule has 2 unspecified atom stereocenters. The van der Waals surface area contributed by atoms with Crippen LogP contribution in [-0.2, 0) is 4.79 Å². The number of halogens is 3. The van der Waals surface area contributed by atoms with Gasteiger partial charge in [-0.25, -0.2) is 0 Å². The van der Waals surface area contributed by atoms with Crippen LogP contribution in [0.1, 0.15) is 6.92 Å². The molecule has 0 radical (unpaired) electrons. The lowest BCUT2D eigenvalue weighted by Gasteiger charge is -2.34. The van der Waals surface area contributed by atoms with Crippen molar-refractivity contribution in [2.75, 3.05) is 7.05 Å². The summed E-state index contributed by atoms with van der Waals surface area (Å²) in [5.74, 6) is -2.00. The summed E-state index contributed by atoms with van der Waals surface area (Å²) in [6, 6.07) is 0. The van der Waals surface area contributed by atoms with E-state index in [-0.39, 0.29) is 0 Å². The summed E-state index contributed by atoms with van der Waals surface area (Å²) >= 11 is 0. The molecule has 1 heterocycles. The highest BCUT2D eigenvalue weighted by molar-refractivity contribution is 5.95. The second-order valence-electron chi connectivity index (χ2n) is 3.49. The lowest BCUT2D eigenvalue weighted by molar-refractivity contribution is -0.210. The summed E-state index contributed by atoms with van der Waals surface area (Å²) < 4.78 is 38.3. The number of hydrogen-bond donors (Lipinski definition) is 1. The molecule has 1 amide bonds. The Kier molecular flexibility index (Phi) is 2.88. The SMILES string of the molecule is CNC(=O)C1C=NC=CC1(C)C(F)(F)F. The maximum Gasteiger partial charge on any atom is 0.398 e. The molecule has 3 nitrogen and oxygen atoms in total. The number of carbonyl (C=O) groups is 1. The molecule has 1 rings (SSSR count). The number of alkyl halides is 3. The highest BCUT2D eigenvalue weighted by atomic mass is 19.4. The summed E-state index contributed by atoms with van der Waals surface area (Å²) in [5, 5.41) is 2.20. The number of aliphatic imine (C=N–C) groups is 1. The molecular formula is C9H11F3N2O. The summed E-state index contributed by atoms with van der Waals surface area (Å²) in [6.07, 6.45) is -1.49. The number of hydrogen-bond acceptors (Lipinski definition) is 2. The van der Waals surface area contributed by atoms with Crippen molar-refractivity contribution in [3.8, 4) is 0 Å². The first-order chi connectivity index (χ1) is 6.83. The molecule has 0 saturated carbocycles. The van der Waals surface area contributed by atoms with Gasteiger partial charge in [0, 0.05) is 19.5 Å². The van der Waals surface area contributed by atoms with Gasteiger partial charge >= 0.3 is 6.18 Å². The molecule has 0 aliphatic carbocycles. The second-order valence-corrected chi connectivity index (χ2v) is 3.49. The van der Waals surface area contributed by atoms with E-state index in [4.69, 9.17) is 0 Å². The Bertz CT molecular complexity index is 322. The molecule has 1 N–H and O–H groups in total. The molecule has 0 aromatic carbocycles. The molecule has 0 fully saturated rings. The first kappa shape index (κ1) is 11.7. The van der Waals surface area contributed by atoms with E-state index in [1.165, 1.54) is 7.05 Å². The van der Waals surface area contributed by atoms with Crippen molar-refractivity contribution in [3.63, 3.8) is 0 Å².